The Bertz CT molecular complexity index is 659. The van der Waals surface area contributed by atoms with Crippen LogP contribution in [0.5, 0.6) is 5.75 Å². The highest BCUT2D eigenvalue weighted by Crippen LogP contribution is 2.30. The van der Waals surface area contributed by atoms with E-state index in [-0.39, 0.29) is 5.69 Å². The van der Waals surface area contributed by atoms with Crippen molar-refractivity contribution < 1.29 is 14.6 Å². The van der Waals surface area contributed by atoms with Gasteiger partial charge in [-0.2, -0.15) is 5.10 Å². The van der Waals surface area contributed by atoms with Crippen LogP contribution in [0.2, 0.25) is 0 Å². The van der Waals surface area contributed by atoms with Gasteiger partial charge in [-0.25, -0.2) is 4.79 Å². The molecule has 1 heterocycles. The maximum atomic E-state index is 11.0. The van der Waals surface area contributed by atoms with E-state index < -0.39 is 5.97 Å². The fraction of sp³-hybridized carbons (Fsp3) is 0.333. The molecule has 0 aliphatic heterocycles. The average Bonchev–Trinajstić information content (AvgIpc) is 2.76. The van der Waals surface area contributed by atoms with E-state index in [4.69, 9.17) is 9.84 Å². The number of carbonyl (C=O) groups is 1. The Hall–Kier alpha value is -2.30. The second-order valence-electron chi connectivity index (χ2n) is 4.71. The van der Waals surface area contributed by atoms with Gasteiger partial charge in [-0.05, 0) is 50.1 Å². The number of aromatic carboxylic acids is 1. The number of rotatable bonds is 4. The summed E-state index contributed by atoms with van der Waals surface area (Å²) in [4.78, 5) is 11.0. The molecule has 1 N–H and O–H groups in total. The zero-order valence-electron chi connectivity index (χ0n) is 12.1. The van der Waals surface area contributed by atoms with E-state index >= 15 is 0 Å². The first kappa shape index (κ1) is 14.1. The standard InChI is InChI=1S/C15H18N2O3/c1-5-20-14-7-9(2)11(6-10(14)3)13-8-12(15(18)19)16-17(13)4/h6-8H,5H2,1-4H3,(H,18,19). The summed E-state index contributed by atoms with van der Waals surface area (Å²) in [5.74, 6) is -0.165. The fourth-order valence-corrected chi connectivity index (χ4v) is 2.20. The first-order valence-corrected chi connectivity index (χ1v) is 6.45. The van der Waals surface area contributed by atoms with Crippen molar-refractivity contribution in [1.29, 1.82) is 0 Å². The van der Waals surface area contributed by atoms with Crippen LogP contribution < -0.4 is 4.74 Å². The molecule has 0 spiro atoms. The van der Waals surface area contributed by atoms with Gasteiger partial charge < -0.3 is 9.84 Å². The summed E-state index contributed by atoms with van der Waals surface area (Å²) in [5.41, 5.74) is 3.84. The summed E-state index contributed by atoms with van der Waals surface area (Å²) < 4.78 is 7.15. The molecule has 0 radical (unpaired) electrons. The molecule has 0 saturated carbocycles. The van der Waals surface area contributed by atoms with Crippen LogP contribution in [0.1, 0.15) is 28.5 Å². The Morgan fingerprint density at radius 2 is 2.00 bits per heavy atom. The summed E-state index contributed by atoms with van der Waals surface area (Å²) in [5, 5.41) is 13.0. The smallest absolute Gasteiger partial charge is 0.356 e. The maximum absolute atomic E-state index is 11.0. The van der Waals surface area contributed by atoms with Gasteiger partial charge in [0.15, 0.2) is 5.69 Å². The predicted molar refractivity (Wildman–Crippen MR) is 76.2 cm³/mol. The van der Waals surface area contributed by atoms with Crippen molar-refractivity contribution in [3.63, 3.8) is 0 Å². The highest BCUT2D eigenvalue weighted by Gasteiger charge is 2.15. The summed E-state index contributed by atoms with van der Waals surface area (Å²) in [6, 6.07) is 5.56. The number of nitrogens with zero attached hydrogens (tertiary/aromatic N) is 2. The SMILES string of the molecule is CCOc1cc(C)c(-c2cc(C(=O)O)nn2C)cc1C. The Morgan fingerprint density at radius 3 is 2.55 bits per heavy atom. The molecule has 0 fully saturated rings. The molecule has 0 saturated heterocycles. The third-order valence-electron chi connectivity index (χ3n) is 3.20. The first-order chi connectivity index (χ1) is 9.43. The lowest BCUT2D eigenvalue weighted by Crippen LogP contribution is -2.00. The second-order valence-corrected chi connectivity index (χ2v) is 4.71. The molecule has 2 aromatic rings. The third kappa shape index (κ3) is 2.52. The Balaban J connectivity index is 2.53. The summed E-state index contributed by atoms with van der Waals surface area (Å²) in [6.45, 7) is 6.52. The van der Waals surface area contributed by atoms with E-state index in [1.165, 1.54) is 0 Å². The lowest BCUT2D eigenvalue weighted by atomic mass is 10.0. The number of carboxylic acids is 1. The molecule has 0 bridgehead atoms. The molecule has 0 aliphatic carbocycles. The molecule has 0 atom stereocenters. The molecule has 1 aromatic heterocycles. The van der Waals surface area contributed by atoms with E-state index in [0.29, 0.717) is 6.61 Å². The normalized spacial score (nSPS) is 10.6. The minimum Gasteiger partial charge on any atom is -0.494 e. The van der Waals surface area contributed by atoms with Crippen LogP contribution in [0.4, 0.5) is 0 Å². The minimum atomic E-state index is -1.02. The van der Waals surface area contributed by atoms with Crippen LogP contribution in [0.3, 0.4) is 0 Å². The molecule has 0 amide bonds. The van der Waals surface area contributed by atoms with Crippen molar-refractivity contribution in [2.24, 2.45) is 7.05 Å². The van der Waals surface area contributed by atoms with Gasteiger partial charge in [0.05, 0.1) is 12.3 Å². The first-order valence-electron chi connectivity index (χ1n) is 6.45. The largest absolute Gasteiger partial charge is 0.494 e. The van der Waals surface area contributed by atoms with E-state index in [1.807, 2.05) is 32.9 Å². The van der Waals surface area contributed by atoms with Crippen molar-refractivity contribution >= 4 is 5.97 Å². The van der Waals surface area contributed by atoms with Crippen molar-refractivity contribution in [3.8, 4) is 17.0 Å². The molecule has 0 unspecified atom stereocenters. The lowest BCUT2D eigenvalue weighted by Gasteiger charge is -2.12. The second kappa shape index (κ2) is 5.36. The van der Waals surface area contributed by atoms with Crippen molar-refractivity contribution in [2.75, 3.05) is 6.61 Å². The summed E-state index contributed by atoms with van der Waals surface area (Å²) in [6.07, 6.45) is 0. The van der Waals surface area contributed by atoms with Gasteiger partial charge in [-0.3, -0.25) is 4.68 Å². The zero-order valence-corrected chi connectivity index (χ0v) is 12.1. The molecule has 106 valence electrons. The number of hydrogen-bond acceptors (Lipinski definition) is 3. The number of aromatic nitrogens is 2. The highest BCUT2D eigenvalue weighted by atomic mass is 16.5. The number of benzene rings is 1. The van der Waals surface area contributed by atoms with Gasteiger partial charge >= 0.3 is 5.97 Å². The molecule has 1 aromatic carbocycles. The van der Waals surface area contributed by atoms with Gasteiger partial charge in [0.25, 0.3) is 0 Å². The van der Waals surface area contributed by atoms with E-state index in [0.717, 1.165) is 28.1 Å². The van der Waals surface area contributed by atoms with Crippen LogP contribution in [0.15, 0.2) is 18.2 Å². The number of aryl methyl sites for hydroxylation is 3. The van der Waals surface area contributed by atoms with Gasteiger partial charge in [0, 0.05) is 12.6 Å². The fourth-order valence-electron chi connectivity index (χ4n) is 2.20. The number of carboxylic acid groups (broad SMARTS) is 1. The van der Waals surface area contributed by atoms with Gasteiger partial charge in [0.1, 0.15) is 5.75 Å². The third-order valence-corrected chi connectivity index (χ3v) is 3.20. The lowest BCUT2D eigenvalue weighted by molar-refractivity contribution is 0.0689. The minimum absolute atomic E-state index is 0.0495. The van der Waals surface area contributed by atoms with Crippen LogP contribution in [-0.2, 0) is 7.05 Å². The molecular formula is C15H18N2O3. The Kier molecular flexibility index (Phi) is 3.79. The molecule has 20 heavy (non-hydrogen) atoms. The Morgan fingerprint density at radius 1 is 1.30 bits per heavy atom. The zero-order chi connectivity index (χ0) is 14.9. The number of hydrogen-bond donors (Lipinski definition) is 1. The molecule has 2 rings (SSSR count). The molecule has 0 aliphatic rings. The monoisotopic (exact) mass is 274 g/mol. The highest BCUT2D eigenvalue weighted by molar-refractivity contribution is 5.87. The van der Waals surface area contributed by atoms with Gasteiger partial charge in [0.2, 0.25) is 0 Å². The van der Waals surface area contributed by atoms with Crippen molar-refractivity contribution in [1.82, 2.24) is 9.78 Å². The summed E-state index contributed by atoms with van der Waals surface area (Å²) in [7, 11) is 1.74. The van der Waals surface area contributed by atoms with E-state index in [2.05, 4.69) is 5.10 Å². The van der Waals surface area contributed by atoms with E-state index in [1.54, 1.807) is 17.8 Å². The van der Waals surface area contributed by atoms with Crippen molar-refractivity contribution in [3.05, 3.63) is 35.0 Å². The predicted octanol–water partition coefficient (Wildman–Crippen LogP) is 2.80. The molecule has 5 heteroatoms. The van der Waals surface area contributed by atoms with E-state index in [9.17, 15) is 4.79 Å². The molecular weight excluding hydrogens is 256 g/mol. The van der Waals surface area contributed by atoms with Crippen molar-refractivity contribution in [2.45, 2.75) is 20.8 Å². The average molecular weight is 274 g/mol. The van der Waals surface area contributed by atoms with Crippen LogP contribution in [-0.4, -0.2) is 27.5 Å². The quantitative estimate of drug-likeness (QED) is 0.931. The topological polar surface area (TPSA) is 64.3 Å². The van der Waals surface area contributed by atoms with Gasteiger partial charge in [-0.15, -0.1) is 0 Å². The van der Waals surface area contributed by atoms with Crippen LogP contribution in [0, 0.1) is 13.8 Å². The summed E-state index contributed by atoms with van der Waals surface area (Å²) >= 11 is 0. The van der Waals surface area contributed by atoms with Crippen LogP contribution in [0.25, 0.3) is 11.3 Å². The molecule has 5 nitrogen and oxygen atoms in total. The van der Waals surface area contributed by atoms with Crippen LogP contribution >= 0.6 is 0 Å². The number of ether oxygens (including phenoxy) is 1. The Labute approximate surface area is 117 Å². The van der Waals surface area contributed by atoms with Gasteiger partial charge in [-0.1, -0.05) is 0 Å². The maximum Gasteiger partial charge on any atom is 0.356 e.